The number of nitrogens with one attached hydrogen (secondary N) is 2. The number of hydrogen-bond acceptors (Lipinski definition) is 5. The average Bonchev–Trinajstić information content (AvgIpc) is 3.18. The maximum atomic E-state index is 12.4. The van der Waals surface area contributed by atoms with E-state index in [9.17, 15) is 4.79 Å². The van der Waals surface area contributed by atoms with Crippen LogP contribution < -0.4 is 10.1 Å². The van der Waals surface area contributed by atoms with Gasteiger partial charge >= 0.3 is 0 Å². The van der Waals surface area contributed by atoms with E-state index in [0.29, 0.717) is 35.4 Å². The van der Waals surface area contributed by atoms with Crippen molar-refractivity contribution in [3.8, 4) is 11.5 Å². The highest BCUT2D eigenvalue weighted by Crippen LogP contribution is 2.25. The summed E-state index contributed by atoms with van der Waals surface area (Å²) >= 11 is 0. The maximum Gasteiger partial charge on any atom is 0.256 e. The fraction of sp³-hybridized carbons (Fsp3) is 0.250. The Morgan fingerprint density at radius 3 is 2.85 bits per heavy atom. The number of carbonyl (C=O) groups is 1. The third kappa shape index (κ3) is 4.32. The summed E-state index contributed by atoms with van der Waals surface area (Å²) < 4.78 is 11.2. The Morgan fingerprint density at radius 2 is 2.11 bits per heavy atom. The van der Waals surface area contributed by atoms with Crippen LogP contribution >= 0.6 is 0 Å². The molecule has 0 spiro atoms. The van der Waals surface area contributed by atoms with Gasteiger partial charge in [-0.2, -0.15) is 5.10 Å². The summed E-state index contributed by atoms with van der Waals surface area (Å²) in [6.45, 7) is 1.50. The van der Waals surface area contributed by atoms with Gasteiger partial charge in [-0.1, -0.05) is 0 Å². The number of benzene rings is 1. The molecule has 7 nitrogen and oxygen atoms in total. The van der Waals surface area contributed by atoms with Gasteiger partial charge in [0.15, 0.2) is 5.82 Å². The molecule has 0 aliphatic carbocycles. The van der Waals surface area contributed by atoms with Crippen LogP contribution in [-0.2, 0) is 4.74 Å². The van der Waals surface area contributed by atoms with Crippen molar-refractivity contribution >= 4 is 11.7 Å². The summed E-state index contributed by atoms with van der Waals surface area (Å²) in [5.41, 5.74) is 1.52. The van der Waals surface area contributed by atoms with Crippen LogP contribution in [0, 0.1) is 0 Å². The van der Waals surface area contributed by atoms with Gasteiger partial charge in [-0.3, -0.25) is 14.9 Å². The van der Waals surface area contributed by atoms with Crippen molar-refractivity contribution in [1.82, 2.24) is 15.2 Å². The van der Waals surface area contributed by atoms with Gasteiger partial charge in [0, 0.05) is 36.0 Å². The van der Waals surface area contributed by atoms with Crippen molar-refractivity contribution in [3.63, 3.8) is 0 Å². The van der Waals surface area contributed by atoms with Crippen LogP contribution in [0.4, 0.5) is 5.82 Å². The monoisotopic (exact) mass is 364 g/mol. The maximum absolute atomic E-state index is 12.4. The molecule has 2 aromatic heterocycles. The molecule has 1 aromatic carbocycles. The van der Waals surface area contributed by atoms with E-state index >= 15 is 0 Å². The number of ether oxygens (including phenoxy) is 2. The highest BCUT2D eigenvalue weighted by atomic mass is 16.5. The Bertz CT molecular complexity index is 887. The predicted molar refractivity (Wildman–Crippen MR) is 100 cm³/mol. The summed E-state index contributed by atoms with van der Waals surface area (Å²) in [6, 6.07) is 12.4. The quantitative estimate of drug-likeness (QED) is 0.720. The van der Waals surface area contributed by atoms with Gasteiger partial charge in [-0.05, 0) is 49.2 Å². The fourth-order valence-corrected chi connectivity index (χ4v) is 3.00. The largest absolute Gasteiger partial charge is 0.456 e. The molecule has 3 heterocycles. The molecule has 138 valence electrons. The highest BCUT2D eigenvalue weighted by Gasteiger charge is 2.19. The lowest BCUT2D eigenvalue weighted by Gasteiger charge is -2.20. The van der Waals surface area contributed by atoms with Crippen LogP contribution in [0.1, 0.15) is 34.8 Å². The number of carbonyl (C=O) groups excluding carboxylic acids is 1. The minimum absolute atomic E-state index is 0.221. The molecule has 1 saturated heterocycles. The average molecular weight is 364 g/mol. The standard InChI is InChI=1S/C20H20N4O3/c25-20(22-19-11-18(23-24-19)15-3-2-10-26-13-15)14-5-7-16(8-6-14)27-17-4-1-9-21-12-17/h1,4-9,11-12,15H,2-3,10,13H2,(H2,22,23,24,25). The number of pyridine rings is 1. The van der Waals surface area contributed by atoms with E-state index in [1.165, 1.54) is 0 Å². The molecule has 3 aromatic rings. The minimum Gasteiger partial charge on any atom is -0.456 e. The third-order valence-electron chi connectivity index (χ3n) is 4.43. The molecule has 1 fully saturated rings. The summed E-state index contributed by atoms with van der Waals surface area (Å²) in [5, 5.41) is 10.00. The number of hydrogen-bond donors (Lipinski definition) is 2. The number of nitrogens with zero attached hydrogens (tertiary/aromatic N) is 2. The molecule has 2 N–H and O–H groups in total. The Morgan fingerprint density at radius 1 is 1.22 bits per heavy atom. The third-order valence-corrected chi connectivity index (χ3v) is 4.43. The molecule has 7 heteroatoms. The van der Waals surface area contributed by atoms with E-state index < -0.39 is 0 Å². The summed E-state index contributed by atoms with van der Waals surface area (Å²) in [5.74, 6) is 1.88. The summed E-state index contributed by atoms with van der Waals surface area (Å²) in [4.78, 5) is 16.4. The molecule has 1 atom stereocenters. The summed E-state index contributed by atoms with van der Waals surface area (Å²) in [6.07, 6.45) is 5.42. The molecule has 1 unspecified atom stereocenters. The molecule has 4 rings (SSSR count). The van der Waals surface area contributed by atoms with Crippen molar-refractivity contribution < 1.29 is 14.3 Å². The lowest BCUT2D eigenvalue weighted by atomic mass is 9.99. The first-order valence-corrected chi connectivity index (χ1v) is 8.90. The first kappa shape index (κ1) is 17.2. The van der Waals surface area contributed by atoms with Crippen molar-refractivity contribution in [3.05, 3.63) is 66.1 Å². The van der Waals surface area contributed by atoms with Gasteiger partial charge in [0.25, 0.3) is 5.91 Å². The number of aromatic nitrogens is 3. The molecule has 1 aliphatic rings. The smallest absolute Gasteiger partial charge is 0.256 e. The molecule has 27 heavy (non-hydrogen) atoms. The van der Waals surface area contributed by atoms with Crippen molar-refractivity contribution in [2.24, 2.45) is 0 Å². The van der Waals surface area contributed by atoms with Crippen LogP contribution in [0.5, 0.6) is 11.5 Å². The molecule has 0 radical (unpaired) electrons. The normalized spacial score (nSPS) is 16.7. The number of aromatic amines is 1. The van der Waals surface area contributed by atoms with E-state index in [-0.39, 0.29) is 5.91 Å². The van der Waals surface area contributed by atoms with Crippen LogP contribution in [0.25, 0.3) is 0 Å². The molecule has 1 aliphatic heterocycles. The molecule has 0 bridgehead atoms. The zero-order valence-corrected chi connectivity index (χ0v) is 14.7. The van der Waals surface area contributed by atoms with E-state index in [4.69, 9.17) is 9.47 Å². The SMILES string of the molecule is O=C(Nc1cc(C2CCCOC2)[nH]n1)c1ccc(Oc2cccnc2)cc1. The van der Waals surface area contributed by atoms with Crippen LogP contribution in [0.3, 0.4) is 0 Å². The minimum atomic E-state index is -0.221. The van der Waals surface area contributed by atoms with Crippen LogP contribution in [0.2, 0.25) is 0 Å². The predicted octanol–water partition coefficient (Wildman–Crippen LogP) is 3.74. The Hall–Kier alpha value is -3.19. The van der Waals surface area contributed by atoms with Gasteiger partial charge < -0.3 is 14.8 Å². The number of anilines is 1. The second-order valence-electron chi connectivity index (χ2n) is 6.39. The van der Waals surface area contributed by atoms with E-state index in [2.05, 4.69) is 20.5 Å². The van der Waals surface area contributed by atoms with Gasteiger partial charge in [0.05, 0.1) is 12.8 Å². The number of H-pyrrole nitrogens is 1. The number of rotatable bonds is 5. The Balaban J connectivity index is 1.37. The lowest BCUT2D eigenvalue weighted by Crippen LogP contribution is -2.15. The van der Waals surface area contributed by atoms with E-state index in [1.54, 1.807) is 42.7 Å². The summed E-state index contributed by atoms with van der Waals surface area (Å²) in [7, 11) is 0. The number of amides is 1. The van der Waals surface area contributed by atoms with Crippen molar-refractivity contribution in [1.29, 1.82) is 0 Å². The van der Waals surface area contributed by atoms with Gasteiger partial charge in [0.1, 0.15) is 11.5 Å². The topological polar surface area (TPSA) is 89.1 Å². The van der Waals surface area contributed by atoms with Gasteiger partial charge in [-0.25, -0.2) is 0 Å². The van der Waals surface area contributed by atoms with Crippen molar-refractivity contribution in [2.75, 3.05) is 18.5 Å². The first-order valence-electron chi connectivity index (χ1n) is 8.90. The Kier molecular flexibility index (Phi) is 5.11. The molecular weight excluding hydrogens is 344 g/mol. The molecular formula is C20H20N4O3. The molecule has 0 saturated carbocycles. The van der Waals surface area contributed by atoms with E-state index in [0.717, 1.165) is 25.1 Å². The van der Waals surface area contributed by atoms with Gasteiger partial charge in [-0.15, -0.1) is 0 Å². The second kappa shape index (κ2) is 8.01. The highest BCUT2D eigenvalue weighted by molar-refractivity contribution is 6.03. The lowest BCUT2D eigenvalue weighted by molar-refractivity contribution is 0.0793. The fourth-order valence-electron chi connectivity index (χ4n) is 3.00. The Labute approximate surface area is 156 Å². The second-order valence-corrected chi connectivity index (χ2v) is 6.39. The zero-order chi connectivity index (χ0) is 18.5. The van der Waals surface area contributed by atoms with E-state index in [1.807, 2.05) is 12.1 Å². The zero-order valence-electron chi connectivity index (χ0n) is 14.7. The first-order chi connectivity index (χ1) is 13.3. The van der Waals surface area contributed by atoms with Gasteiger partial charge in [0.2, 0.25) is 0 Å². The van der Waals surface area contributed by atoms with Crippen LogP contribution in [0.15, 0.2) is 54.9 Å². The van der Waals surface area contributed by atoms with Crippen LogP contribution in [-0.4, -0.2) is 34.3 Å². The van der Waals surface area contributed by atoms with Crippen molar-refractivity contribution in [2.45, 2.75) is 18.8 Å². The molecule has 1 amide bonds.